The van der Waals surface area contributed by atoms with Crippen LogP contribution in [0.1, 0.15) is 51.1 Å². The lowest BCUT2D eigenvalue weighted by atomic mass is 10.1. The third-order valence-corrected chi connectivity index (χ3v) is 3.52. The average molecular weight is 285 g/mol. The van der Waals surface area contributed by atoms with Crippen molar-refractivity contribution in [1.82, 2.24) is 15.2 Å². The second-order valence-corrected chi connectivity index (χ2v) is 5.12. The molecule has 1 aliphatic carbocycles. The zero-order valence-corrected chi connectivity index (χ0v) is 11.5. The number of nitrogens with zero attached hydrogens (tertiary/aromatic N) is 2. The van der Waals surface area contributed by atoms with Crippen molar-refractivity contribution in [3.05, 3.63) is 41.0 Å². The second-order valence-electron chi connectivity index (χ2n) is 5.12. The first-order chi connectivity index (χ1) is 10.1. The van der Waals surface area contributed by atoms with Gasteiger partial charge in [0.1, 0.15) is 5.82 Å². The van der Waals surface area contributed by atoms with Crippen molar-refractivity contribution in [2.45, 2.75) is 25.7 Å². The lowest BCUT2D eigenvalue weighted by molar-refractivity contribution is 0.0994. The first-order valence-corrected chi connectivity index (χ1v) is 6.69. The van der Waals surface area contributed by atoms with Gasteiger partial charge in [-0.1, -0.05) is 6.07 Å². The van der Waals surface area contributed by atoms with E-state index in [4.69, 9.17) is 5.73 Å². The molecular formula is C14H15N5O2. The third-order valence-electron chi connectivity index (χ3n) is 3.52. The Balaban J connectivity index is 1.80. The van der Waals surface area contributed by atoms with E-state index >= 15 is 0 Å². The molecule has 0 atom stereocenters. The van der Waals surface area contributed by atoms with Crippen molar-refractivity contribution in [3.8, 4) is 0 Å². The SMILES string of the molecule is Cc1c(NC(=O)c2n[nH]c(C3CC3)n2)cccc1C(N)=O. The molecule has 0 spiro atoms. The van der Waals surface area contributed by atoms with Gasteiger partial charge in [0.2, 0.25) is 11.7 Å². The number of anilines is 1. The minimum Gasteiger partial charge on any atom is -0.366 e. The maximum Gasteiger partial charge on any atom is 0.295 e. The van der Waals surface area contributed by atoms with Crippen LogP contribution >= 0.6 is 0 Å². The Labute approximate surface area is 121 Å². The second kappa shape index (κ2) is 5.01. The standard InChI is InChI=1S/C14H15N5O2/c1-7-9(11(15)20)3-2-4-10(7)16-14(21)13-17-12(18-19-13)8-5-6-8/h2-4,8H,5-6H2,1H3,(H2,15,20)(H,16,21)(H,17,18,19). The number of amides is 2. The lowest BCUT2D eigenvalue weighted by Gasteiger charge is -2.09. The molecule has 0 unspecified atom stereocenters. The number of aromatic amines is 1. The molecule has 4 N–H and O–H groups in total. The van der Waals surface area contributed by atoms with Crippen molar-refractivity contribution >= 4 is 17.5 Å². The number of hydrogen-bond acceptors (Lipinski definition) is 4. The van der Waals surface area contributed by atoms with Gasteiger partial charge in [-0.25, -0.2) is 4.98 Å². The van der Waals surface area contributed by atoms with Crippen molar-refractivity contribution < 1.29 is 9.59 Å². The smallest absolute Gasteiger partial charge is 0.295 e. The molecule has 0 aliphatic heterocycles. The van der Waals surface area contributed by atoms with Gasteiger partial charge in [0.05, 0.1) is 0 Å². The van der Waals surface area contributed by atoms with Gasteiger partial charge >= 0.3 is 0 Å². The molecule has 1 fully saturated rings. The van der Waals surface area contributed by atoms with Crippen LogP contribution in [-0.2, 0) is 0 Å². The molecule has 3 rings (SSSR count). The van der Waals surface area contributed by atoms with Crippen LogP contribution in [0.5, 0.6) is 0 Å². The van der Waals surface area contributed by atoms with Crippen LogP contribution < -0.4 is 11.1 Å². The molecule has 0 bridgehead atoms. The number of carbonyl (C=O) groups excluding carboxylic acids is 2. The third kappa shape index (κ3) is 2.62. The molecule has 1 aromatic carbocycles. The summed E-state index contributed by atoms with van der Waals surface area (Å²) in [6.07, 6.45) is 2.16. The van der Waals surface area contributed by atoms with Gasteiger partial charge in [-0.2, -0.15) is 0 Å². The molecule has 1 aromatic heterocycles. The summed E-state index contributed by atoms with van der Waals surface area (Å²) in [5, 5.41) is 9.41. The van der Waals surface area contributed by atoms with E-state index in [-0.39, 0.29) is 5.82 Å². The molecule has 0 saturated heterocycles. The molecule has 1 heterocycles. The van der Waals surface area contributed by atoms with Crippen molar-refractivity contribution in [2.24, 2.45) is 5.73 Å². The molecule has 1 aliphatic rings. The van der Waals surface area contributed by atoms with Crippen LogP contribution in [0.3, 0.4) is 0 Å². The van der Waals surface area contributed by atoms with Crippen molar-refractivity contribution in [1.29, 1.82) is 0 Å². The highest BCUT2D eigenvalue weighted by atomic mass is 16.2. The highest BCUT2D eigenvalue weighted by Gasteiger charge is 2.28. The van der Waals surface area contributed by atoms with Crippen LogP contribution in [-0.4, -0.2) is 27.0 Å². The Hall–Kier alpha value is -2.70. The Kier molecular flexibility index (Phi) is 3.17. The Morgan fingerprint density at radius 3 is 2.81 bits per heavy atom. The fraction of sp³-hybridized carbons (Fsp3) is 0.286. The Bertz CT molecular complexity index is 718. The summed E-state index contributed by atoms with van der Waals surface area (Å²) >= 11 is 0. The molecule has 2 amide bonds. The van der Waals surface area contributed by atoms with E-state index in [0.717, 1.165) is 18.7 Å². The minimum absolute atomic E-state index is 0.0979. The molecule has 108 valence electrons. The van der Waals surface area contributed by atoms with E-state index < -0.39 is 11.8 Å². The van der Waals surface area contributed by atoms with Gasteiger partial charge in [-0.15, -0.1) is 5.10 Å². The first kappa shape index (κ1) is 13.3. The first-order valence-electron chi connectivity index (χ1n) is 6.69. The maximum absolute atomic E-state index is 12.1. The molecule has 1 saturated carbocycles. The quantitative estimate of drug-likeness (QED) is 0.786. The maximum atomic E-state index is 12.1. The van der Waals surface area contributed by atoms with Crippen molar-refractivity contribution in [2.75, 3.05) is 5.32 Å². The fourth-order valence-electron chi connectivity index (χ4n) is 2.13. The van der Waals surface area contributed by atoms with E-state index in [1.165, 1.54) is 0 Å². The van der Waals surface area contributed by atoms with Crippen molar-refractivity contribution in [3.63, 3.8) is 0 Å². The molecule has 21 heavy (non-hydrogen) atoms. The summed E-state index contributed by atoms with van der Waals surface area (Å²) in [5.41, 5.74) is 6.81. The van der Waals surface area contributed by atoms with Crippen LogP contribution in [0, 0.1) is 6.92 Å². The van der Waals surface area contributed by atoms with Gasteiger partial charge in [0, 0.05) is 17.2 Å². The van der Waals surface area contributed by atoms with Gasteiger partial charge in [0.15, 0.2) is 0 Å². The van der Waals surface area contributed by atoms with E-state index in [1.807, 2.05) is 0 Å². The van der Waals surface area contributed by atoms with Gasteiger partial charge in [0.25, 0.3) is 5.91 Å². The molecule has 7 heteroatoms. The molecule has 0 radical (unpaired) electrons. The van der Waals surface area contributed by atoms with Crippen LogP contribution in [0.15, 0.2) is 18.2 Å². The number of nitrogens with one attached hydrogen (secondary N) is 2. The topological polar surface area (TPSA) is 114 Å². The summed E-state index contributed by atoms with van der Waals surface area (Å²) in [6, 6.07) is 4.98. The van der Waals surface area contributed by atoms with E-state index in [9.17, 15) is 9.59 Å². The lowest BCUT2D eigenvalue weighted by Crippen LogP contribution is -2.17. The number of aromatic nitrogens is 3. The normalized spacial score (nSPS) is 14.0. The number of carbonyl (C=O) groups is 2. The van der Waals surface area contributed by atoms with Crippen LogP contribution in [0.4, 0.5) is 5.69 Å². The Morgan fingerprint density at radius 2 is 2.14 bits per heavy atom. The predicted octanol–water partition coefficient (Wildman–Crippen LogP) is 1.34. The zero-order chi connectivity index (χ0) is 15.0. The number of primary amides is 1. The van der Waals surface area contributed by atoms with Gasteiger partial charge in [-0.05, 0) is 37.5 Å². The minimum atomic E-state index is -0.530. The fourth-order valence-corrected chi connectivity index (χ4v) is 2.13. The summed E-state index contributed by atoms with van der Waals surface area (Å²) < 4.78 is 0. The zero-order valence-electron chi connectivity index (χ0n) is 11.5. The number of rotatable bonds is 4. The number of benzene rings is 1. The average Bonchev–Trinajstić information content (AvgIpc) is 3.18. The highest BCUT2D eigenvalue weighted by Crippen LogP contribution is 2.37. The summed E-state index contributed by atoms with van der Waals surface area (Å²) in [4.78, 5) is 27.6. The molecule has 7 nitrogen and oxygen atoms in total. The number of hydrogen-bond donors (Lipinski definition) is 3. The summed E-state index contributed by atoms with van der Waals surface area (Å²) in [6.45, 7) is 1.73. The molecular weight excluding hydrogens is 270 g/mol. The van der Waals surface area contributed by atoms with E-state index in [0.29, 0.717) is 22.7 Å². The predicted molar refractivity (Wildman–Crippen MR) is 76.0 cm³/mol. The Morgan fingerprint density at radius 1 is 1.38 bits per heavy atom. The monoisotopic (exact) mass is 285 g/mol. The van der Waals surface area contributed by atoms with E-state index in [2.05, 4.69) is 20.5 Å². The van der Waals surface area contributed by atoms with E-state index in [1.54, 1.807) is 25.1 Å². The largest absolute Gasteiger partial charge is 0.366 e. The molecule has 2 aromatic rings. The summed E-state index contributed by atoms with van der Waals surface area (Å²) in [5.74, 6) is 0.308. The summed E-state index contributed by atoms with van der Waals surface area (Å²) in [7, 11) is 0. The van der Waals surface area contributed by atoms with Crippen LogP contribution in [0.25, 0.3) is 0 Å². The number of nitrogens with two attached hydrogens (primary N) is 1. The highest BCUT2D eigenvalue weighted by molar-refractivity contribution is 6.03. The van der Waals surface area contributed by atoms with Gasteiger partial charge < -0.3 is 11.1 Å². The van der Waals surface area contributed by atoms with Crippen LogP contribution in [0.2, 0.25) is 0 Å². The number of H-pyrrole nitrogens is 1. The van der Waals surface area contributed by atoms with Gasteiger partial charge in [-0.3, -0.25) is 14.7 Å².